The van der Waals surface area contributed by atoms with Crippen LogP contribution < -0.4 is 14.1 Å². The topological polar surface area (TPSA) is 20.9 Å². The van der Waals surface area contributed by atoms with Crippen molar-refractivity contribution in [3.8, 4) is 22.5 Å². The van der Waals surface area contributed by atoms with Crippen LogP contribution >= 0.6 is 0 Å². The number of hydrogen-bond donors (Lipinski definition) is 0. The quantitative estimate of drug-likeness (QED) is 0.171. The van der Waals surface area contributed by atoms with Crippen molar-refractivity contribution in [1.82, 2.24) is 9.25 Å². The molecule has 0 aliphatic carbocycles. The van der Waals surface area contributed by atoms with Crippen molar-refractivity contribution >= 4 is 39.0 Å². The summed E-state index contributed by atoms with van der Waals surface area (Å²) >= 11 is 0. The van der Waals surface area contributed by atoms with E-state index in [2.05, 4.69) is 165 Å². The molecule has 1 atom stereocenters. The normalized spacial score (nSPS) is 18.8. The number of rotatable bonds is 1. The van der Waals surface area contributed by atoms with E-state index in [1.54, 1.807) is 0 Å². The Balaban J connectivity index is 1.33. The number of nitrogens with zero attached hydrogens (tertiary/aromatic N) is 5. The fraction of sp³-hybridized carbons (Fsp3) is 0.116. The minimum Gasteiger partial charge on any atom is -0.308 e. The first-order valence-corrected chi connectivity index (χ1v) is 17.0. The predicted octanol–water partition coefficient (Wildman–Crippen LogP) is 8.07. The standard InChI is InChI=1S/C43H29N5/c1-42(2)31-16-8-14-29-30-15-10-20-44-41(30)48(39(29)31)40-32(42)22-27-21-26-13-6-7-17-33(26)47-35-19-9-18-34-36(35)43(44,37(40)38(27)47)46-24-28(23-45(34)46)25-11-4-3-5-12-25/h3-20,22-24H,21H2,1-2H3/q+2. The molecule has 5 nitrogen and oxygen atoms in total. The van der Waals surface area contributed by atoms with Crippen molar-refractivity contribution < 1.29 is 9.25 Å². The van der Waals surface area contributed by atoms with Gasteiger partial charge in [0.2, 0.25) is 6.20 Å². The third-order valence-electron chi connectivity index (χ3n) is 12.2. The SMILES string of the molecule is CC1(C)c2cc3c4c5c2-n2c6c1cccc6c1ccc[n+](c12)C51c2c(cccc2-n2cc(-c5ccccc5)c[n+]21)N4c1ccccc1C3. The summed E-state index contributed by atoms with van der Waals surface area (Å²) in [6.07, 6.45) is 8.01. The van der Waals surface area contributed by atoms with Gasteiger partial charge in [0.15, 0.2) is 5.69 Å². The maximum absolute atomic E-state index is 2.64. The van der Waals surface area contributed by atoms with Gasteiger partial charge in [0.1, 0.15) is 22.3 Å². The Hall–Kier alpha value is -5.94. The van der Waals surface area contributed by atoms with Gasteiger partial charge < -0.3 is 4.90 Å². The highest BCUT2D eigenvalue weighted by Gasteiger charge is 2.70. The Morgan fingerprint density at radius 2 is 1.44 bits per heavy atom. The van der Waals surface area contributed by atoms with E-state index in [-0.39, 0.29) is 5.41 Å². The molecule has 0 saturated heterocycles. The lowest BCUT2D eigenvalue weighted by Crippen LogP contribution is -2.77. The Bertz CT molecular complexity index is 2850. The molecule has 5 heteroatoms. The van der Waals surface area contributed by atoms with Crippen LogP contribution in [0.3, 0.4) is 0 Å². The molecule has 3 aromatic heterocycles. The van der Waals surface area contributed by atoms with Gasteiger partial charge in [-0.3, -0.25) is 0 Å². The molecule has 13 rings (SSSR count). The van der Waals surface area contributed by atoms with E-state index in [0.29, 0.717) is 0 Å². The summed E-state index contributed by atoms with van der Waals surface area (Å²) in [5.74, 6) is 0. The van der Waals surface area contributed by atoms with Crippen LogP contribution in [0, 0.1) is 0 Å². The third-order valence-corrected chi connectivity index (χ3v) is 12.2. The highest BCUT2D eigenvalue weighted by molar-refractivity contribution is 6.11. The van der Waals surface area contributed by atoms with Crippen LogP contribution in [0.15, 0.2) is 128 Å². The van der Waals surface area contributed by atoms with Gasteiger partial charge in [0.25, 0.3) is 0 Å². The van der Waals surface area contributed by atoms with E-state index in [1.807, 2.05) is 0 Å². The van der Waals surface area contributed by atoms with Crippen molar-refractivity contribution in [2.24, 2.45) is 0 Å². The van der Waals surface area contributed by atoms with Gasteiger partial charge in [-0.25, -0.2) is 0 Å². The van der Waals surface area contributed by atoms with Crippen LogP contribution in [0.4, 0.5) is 17.1 Å². The number of hydrogen-bond acceptors (Lipinski definition) is 1. The minimum atomic E-state index is -0.630. The lowest BCUT2D eigenvalue weighted by Gasteiger charge is -2.45. The van der Waals surface area contributed by atoms with Gasteiger partial charge in [-0.2, -0.15) is 9.13 Å². The summed E-state index contributed by atoms with van der Waals surface area (Å²) in [6, 6.07) is 40.9. The van der Waals surface area contributed by atoms with E-state index < -0.39 is 5.66 Å². The van der Waals surface area contributed by atoms with E-state index in [0.717, 1.165) is 6.42 Å². The van der Waals surface area contributed by atoms with Crippen LogP contribution in [0.5, 0.6) is 0 Å². The van der Waals surface area contributed by atoms with Crippen molar-refractivity contribution in [1.29, 1.82) is 0 Å². The lowest BCUT2D eigenvalue weighted by atomic mass is 9.69. The van der Waals surface area contributed by atoms with Gasteiger partial charge >= 0.3 is 11.3 Å². The molecule has 0 bridgehead atoms. The number of fused-ring (bicyclic) bond motifs is 6. The van der Waals surface area contributed by atoms with Crippen molar-refractivity contribution in [2.75, 3.05) is 4.90 Å². The molecule has 8 heterocycles. The summed E-state index contributed by atoms with van der Waals surface area (Å²) in [4.78, 5) is 2.60. The molecule has 5 aliphatic rings. The first-order chi connectivity index (χ1) is 23.6. The summed E-state index contributed by atoms with van der Waals surface area (Å²) in [6.45, 7) is 4.88. The Morgan fingerprint density at radius 1 is 0.646 bits per heavy atom. The number of pyridine rings is 1. The number of anilines is 3. The summed E-state index contributed by atoms with van der Waals surface area (Å²) in [5, 5.41) is 2.63. The number of benzene rings is 5. The van der Waals surface area contributed by atoms with E-state index >= 15 is 0 Å². The Labute approximate surface area is 276 Å². The van der Waals surface area contributed by atoms with Gasteiger partial charge in [0, 0.05) is 34.0 Å². The zero-order chi connectivity index (χ0) is 31.3. The molecule has 5 aliphatic heterocycles. The Morgan fingerprint density at radius 3 is 2.35 bits per heavy atom. The molecule has 0 radical (unpaired) electrons. The van der Waals surface area contributed by atoms with Crippen LogP contribution in [-0.2, 0) is 17.5 Å². The lowest BCUT2D eigenvalue weighted by molar-refractivity contribution is -0.987. The van der Waals surface area contributed by atoms with Crippen molar-refractivity contribution in [2.45, 2.75) is 31.3 Å². The van der Waals surface area contributed by atoms with Gasteiger partial charge in [-0.15, -0.1) is 4.68 Å². The summed E-state index contributed by atoms with van der Waals surface area (Å²) in [7, 11) is 0. The minimum absolute atomic E-state index is 0.184. The Kier molecular flexibility index (Phi) is 3.76. The summed E-state index contributed by atoms with van der Waals surface area (Å²) in [5.41, 5.74) is 19.0. The monoisotopic (exact) mass is 615 g/mol. The molecule has 224 valence electrons. The molecule has 0 saturated carbocycles. The molecule has 1 unspecified atom stereocenters. The van der Waals surface area contributed by atoms with Crippen LogP contribution in [0.25, 0.3) is 44.4 Å². The first-order valence-electron chi connectivity index (χ1n) is 17.0. The highest BCUT2D eigenvalue weighted by Crippen LogP contribution is 2.63. The van der Waals surface area contributed by atoms with Gasteiger partial charge in [-0.1, -0.05) is 85.3 Å². The largest absolute Gasteiger partial charge is 0.394 e. The average Bonchev–Trinajstić information content (AvgIpc) is 3.79. The second kappa shape index (κ2) is 7.45. The molecule has 1 spiro atoms. The highest BCUT2D eigenvalue weighted by atomic mass is 15.5. The van der Waals surface area contributed by atoms with Crippen molar-refractivity contribution in [3.63, 3.8) is 0 Å². The predicted molar refractivity (Wildman–Crippen MR) is 187 cm³/mol. The molecular weight excluding hydrogens is 587 g/mol. The van der Waals surface area contributed by atoms with Crippen molar-refractivity contribution in [3.05, 3.63) is 161 Å². The van der Waals surface area contributed by atoms with E-state index in [9.17, 15) is 0 Å². The fourth-order valence-corrected chi connectivity index (χ4v) is 10.4. The molecular formula is C43H29N5+2. The maximum Gasteiger partial charge on any atom is 0.394 e. The molecule has 8 aromatic rings. The van der Waals surface area contributed by atoms with E-state index in [4.69, 9.17) is 0 Å². The third kappa shape index (κ3) is 2.30. The number of para-hydroxylation sites is 2. The second-order valence-electron chi connectivity index (χ2n) is 14.7. The van der Waals surface area contributed by atoms with Crippen LogP contribution in [0.1, 0.15) is 47.2 Å². The van der Waals surface area contributed by atoms with Gasteiger partial charge in [-0.05, 0) is 59.2 Å². The molecule has 0 fully saturated rings. The first kappa shape index (κ1) is 24.3. The zero-order valence-electron chi connectivity index (χ0n) is 26.6. The molecule has 0 N–H and O–H groups in total. The summed E-state index contributed by atoms with van der Waals surface area (Å²) < 4.78 is 10.2. The maximum atomic E-state index is 2.64. The van der Waals surface area contributed by atoms with Gasteiger partial charge in [0.05, 0.1) is 34.7 Å². The average molecular weight is 616 g/mol. The smallest absolute Gasteiger partial charge is 0.308 e. The second-order valence-corrected chi connectivity index (χ2v) is 14.7. The fourth-order valence-electron chi connectivity index (χ4n) is 10.4. The molecule has 0 amide bonds. The molecule has 5 aromatic carbocycles. The van der Waals surface area contributed by atoms with Crippen LogP contribution in [-0.4, -0.2) is 9.25 Å². The zero-order valence-corrected chi connectivity index (χ0v) is 26.6. The number of aromatic nitrogens is 4. The van der Waals surface area contributed by atoms with Crippen LogP contribution in [0.2, 0.25) is 0 Å². The molecule has 48 heavy (non-hydrogen) atoms. The van der Waals surface area contributed by atoms with E-state index in [1.165, 1.54) is 94.9 Å².